The first-order valence-electron chi connectivity index (χ1n) is 10.0. The molecule has 0 radical (unpaired) electrons. The normalized spacial score (nSPS) is 17.7. The number of nitrogens with zero attached hydrogens (tertiary/aromatic N) is 5. The third kappa shape index (κ3) is 4.20. The van der Waals surface area contributed by atoms with Gasteiger partial charge in [0.25, 0.3) is 5.56 Å². The molecule has 5 heterocycles. The highest BCUT2D eigenvalue weighted by molar-refractivity contribution is 5.74. The fourth-order valence-corrected chi connectivity index (χ4v) is 3.72. The van der Waals surface area contributed by atoms with Gasteiger partial charge in [0.05, 0.1) is 29.9 Å². The second-order valence-corrected chi connectivity index (χ2v) is 7.72. The number of ether oxygens (including phenoxy) is 1. The van der Waals surface area contributed by atoms with Crippen molar-refractivity contribution in [1.82, 2.24) is 29.5 Å². The number of fused-ring (bicyclic) bond motifs is 1. The molecule has 35 heavy (non-hydrogen) atoms. The Morgan fingerprint density at radius 1 is 1.14 bits per heavy atom. The molecular formula is C20H14F5N7O3. The van der Waals surface area contributed by atoms with Crippen LogP contribution in [0.2, 0.25) is 0 Å². The Morgan fingerprint density at radius 2 is 1.94 bits per heavy atom. The number of rotatable bonds is 4. The minimum Gasteiger partial charge on any atom is -0.466 e. The van der Waals surface area contributed by atoms with Crippen molar-refractivity contribution < 1.29 is 26.7 Å². The molecule has 0 amide bonds. The predicted octanol–water partition coefficient (Wildman–Crippen LogP) is 2.09. The van der Waals surface area contributed by atoms with Crippen molar-refractivity contribution in [1.29, 1.82) is 0 Å². The molecule has 182 valence electrons. The van der Waals surface area contributed by atoms with Gasteiger partial charge in [0.15, 0.2) is 11.8 Å². The zero-order chi connectivity index (χ0) is 25.0. The molecule has 0 aromatic carbocycles. The third-order valence-corrected chi connectivity index (χ3v) is 5.36. The first-order chi connectivity index (χ1) is 16.5. The number of aromatic nitrogens is 6. The van der Waals surface area contributed by atoms with Crippen LogP contribution in [0.15, 0.2) is 52.6 Å². The fraction of sp³-hybridized carbons (Fsp3) is 0.250. The van der Waals surface area contributed by atoms with Gasteiger partial charge < -0.3 is 14.6 Å². The van der Waals surface area contributed by atoms with Gasteiger partial charge in [-0.2, -0.15) is 18.3 Å². The van der Waals surface area contributed by atoms with Crippen LogP contribution in [-0.4, -0.2) is 54.7 Å². The summed E-state index contributed by atoms with van der Waals surface area (Å²) < 4.78 is 75.1. The Balaban J connectivity index is 1.50. The van der Waals surface area contributed by atoms with Gasteiger partial charge in [0.1, 0.15) is 5.69 Å². The quantitative estimate of drug-likeness (QED) is 0.416. The van der Waals surface area contributed by atoms with Gasteiger partial charge in [0.2, 0.25) is 5.88 Å². The van der Waals surface area contributed by atoms with Crippen molar-refractivity contribution in [2.45, 2.75) is 18.2 Å². The molecule has 0 saturated carbocycles. The Kier molecular flexibility index (Phi) is 5.07. The molecule has 0 bridgehead atoms. The van der Waals surface area contributed by atoms with Gasteiger partial charge in [-0.3, -0.25) is 9.78 Å². The fourth-order valence-electron chi connectivity index (χ4n) is 3.72. The zero-order valence-corrected chi connectivity index (χ0v) is 17.4. The average Bonchev–Trinajstić information content (AvgIpc) is 3.36. The minimum atomic E-state index is -4.69. The highest BCUT2D eigenvalue weighted by Gasteiger charge is 2.51. The van der Waals surface area contributed by atoms with Gasteiger partial charge in [-0.05, 0) is 12.1 Å². The van der Waals surface area contributed by atoms with Gasteiger partial charge in [-0.1, -0.05) is 0 Å². The lowest BCUT2D eigenvalue weighted by Crippen LogP contribution is -2.36. The van der Waals surface area contributed by atoms with E-state index in [0.717, 1.165) is 12.4 Å². The first-order valence-corrected chi connectivity index (χ1v) is 10.0. The largest absolute Gasteiger partial charge is 0.466 e. The van der Waals surface area contributed by atoms with Crippen LogP contribution in [0.1, 0.15) is 5.56 Å². The molecule has 1 saturated heterocycles. The van der Waals surface area contributed by atoms with Gasteiger partial charge in [0, 0.05) is 30.9 Å². The van der Waals surface area contributed by atoms with Crippen LogP contribution in [0.25, 0.3) is 16.9 Å². The summed E-state index contributed by atoms with van der Waals surface area (Å²) in [5, 5.41) is 4.23. The molecule has 5 rings (SSSR count). The van der Waals surface area contributed by atoms with E-state index in [0.29, 0.717) is 12.1 Å². The molecule has 1 aliphatic rings. The molecular weight excluding hydrogens is 481 g/mol. The summed E-state index contributed by atoms with van der Waals surface area (Å²) in [7, 11) is 0. The van der Waals surface area contributed by atoms with Crippen LogP contribution < -0.4 is 20.9 Å². The topological polar surface area (TPSA) is 121 Å². The monoisotopic (exact) mass is 495 g/mol. The maximum Gasteiger partial charge on any atom is 0.416 e. The van der Waals surface area contributed by atoms with Crippen LogP contribution in [-0.2, 0) is 6.18 Å². The smallest absolute Gasteiger partial charge is 0.416 e. The predicted molar refractivity (Wildman–Crippen MR) is 110 cm³/mol. The van der Waals surface area contributed by atoms with E-state index < -0.39 is 54.0 Å². The van der Waals surface area contributed by atoms with Crippen LogP contribution in [0.3, 0.4) is 0 Å². The average molecular weight is 495 g/mol. The highest BCUT2D eigenvalue weighted by atomic mass is 19.4. The molecule has 4 aromatic rings. The Hall–Kier alpha value is -4.30. The Labute approximate surface area is 191 Å². The number of nitrogens with one attached hydrogen (secondary N) is 2. The number of aromatic amines is 2. The van der Waals surface area contributed by atoms with Crippen molar-refractivity contribution in [3.63, 3.8) is 0 Å². The van der Waals surface area contributed by atoms with Crippen LogP contribution in [0.5, 0.6) is 5.88 Å². The maximum atomic E-state index is 14.9. The molecule has 1 fully saturated rings. The summed E-state index contributed by atoms with van der Waals surface area (Å²) in [4.78, 5) is 36.9. The van der Waals surface area contributed by atoms with Crippen molar-refractivity contribution in [2.24, 2.45) is 0 Å². The van der Waals surface area contributed by atoms with Crippen molar-refractivity contribution in [3.8, 4) is 17.1 Å². The second-order valence-electron chi connectivity index (χ2n) is 7.72. The second kappa shape index (κ2) is 7.89. The first kappa shape index (κ1) is 22.5. The number of alkyl halides is 5. The number of halogens is 5. The summed E-state index contributed by atoms with van der Waals surface area (Å²) in [6.45, 7) is -1.26. The number of anilines is 1. The summed E-state index contributed by atoms with van der Waals surface area (Å²) >= 11 is 0. The summed E-state index contributed by atoms with van der Waals surface area (Å²) in [6.07, 6.45) is -1.72. The molecule has 15 heteroatoms. The van der Waals surface area contributed by atoms with E-state index >= 15 is 0 Å². The zero-order valence-electron chi connectivity index (χ0n) is 17.4. The molecule has 4 aromatic heterocycles. The van der Waals surface area contributed by atoms with Crippen molar-refractivity contribution in [3.05, 3.63) is 69.4 Å². The summed E-state index contributed by atoms with van der Waals surface area (Å²) in [5.41, 5.74) is -2.13. The highest BCUT2D eigenvalue weighted by Crippen LogP contribution is 2.37. The Bertz CT molecular complexity index is 1530. The lowest BCUT2D eigenvalue weighted by molar-refractivity contribution is -0.137. The number of hydrogen-bond donors (Lipinski definition) is 2. The van der Waals surface area contributed by atoms with Gasteiger partial charge in [-0.15, -0.1) is 0 Å². The molecule has 0 aliphatic carbocycles. The van der Waals surface area contributed by atoms with Gasteiger partial charge >= 0.3 is 17.8 Å². The van der Waals surface area contributed by atoms with E-state index in [4.69, 9.17) is 4.74 Å². The number of hydrogen-bond acceptors (Lipinski definition) is 7. The maximum absolute atomic E-state index is 14.9. The lowest BCUT2D eigenvalue weighted by atomic mass is 10.2. The minimum absolute atomic E-state index is 0.0200. The molecule has 1 aliphatic heterocycles. The number of imidazole rings is 1. The van der Waals surface area contributed by atoms with E-state index in [9.17, 15) is 31.5 Å². The SMILES string of the molecule is O=c1[nH]cc(-c2cc(N3C[C@@H](Oc4cc(C(F)(F)F)ccn4)C(F)(F)C3)c3nccn3n2)c(=O)[nH]1. The van der Waals surface area contributed by atoms with E-state index in [2.05, 4.69) is 25.0 Å². The van der Waals surface area contributed by atoms with E-state index in [1.807, 2.05) is 0 Å². The summed E-state index contributed by atoms with van der Waals surface area (Å²) in [5.74, 6) is -4.05. The van der Waals surface area contributed by atoms with Crippen LogP contribution >= 0.6 is 0 Å². The third-order valence-electron chi connectivity index (χ3n) is 5.36. The molecule has 1 atom stereocenters. The van der Waals surface area contributed by atoms with E-state index in [-0.39, 0.29) is 22.6 Å². The van der Waals surface area contributed by atoms with Crippen LogP contribution in [0.4, 0.5) is 27.6 Å². The molecule has 2 N–H and O–H groups in total. The molecule has 0 spiro atoms. The van der Waals surface area contributed by atoms with E-state index in [1.54, 1.807) is 0 Å². The lowest BCUT2D eigenvalue weighted by Gasteiger charge is -2.19. The summed E-state index contributed by atoms with van der Waals surface area (Å²) in [6, 6.07) is 2.61. The Morgan fingerprint density at radius 3 is 2.69 bits per heavy atom. The molecule has 10 nitrogen and oxygen atoms in total. The molecule has 0 unspecified atom stereocenters. The number of pyridine rings is 1. The van der Waals surface area contributed by atoms with Crippen molar-refractivity contribution >= 4 is 11.3 Å². The van der Waals surface area contributed by atoms with Crippen LogP contribution in [0, 0.1) is 0 Å². The standard InChI is InChI=1S/C20H14F5N7O3/c21-19(22)9-31(8-14(19)35-15-5-10(1-2-26-15)20(23,24)25)13-6-12(30-32-4-3-27-16(13)32)11-7-28-18(34)29-17(11)33/h1-7,14H,8-9H2,(H2,28,29,33,34)/t14-/m1/s1. The van der Waals surface area contributed by atoms with Crippen molar-refractivity contribution in [2.75, 3.05) is 18.0 Å². The van der Waals surface area contributed by atoms with E-state index in [1.165, 1.54) is 27.9 Å². The van der Waals surface area contributed by atoms with Gasteiger partial charge in [-0.25, -0.2) is 28.1 Å². The number of H-pyrrole nitrogens is 2.